The highest BCUT2D eigenvalue weighted by Gasteiger charge is 2.30. The van der Waals surface area contributed by atoms with Crippen LogP contribution in [0, 0.1) is 0 Å². The summed E-state index contributed by atoms with van der Waals surface area (Å²) in [5, 5.41) is 4.25. The first-order valence-electron chi connectivity index (χ1n) is 11.0. The van der Waals surface area contributed by atoms with Crippen molar-refractivity contribution in [1.82, 2.24) is 14.4 Å². The average Bonchev–Trinajstić information content (AvgIpc) is 3.24. The number of carbonyl (C=O) groups excluding carboxylic acids is 1. The summed E-state index contributed by atoms with van der Waals surface area (Å²) in [7, 11) is 1.54. The number of nitrogens with zero attached hydrogens (tertiary/aromatic N) is 3. The van der Waals surface area contributed by atoms with Crippen LogP contribution in [0.4, 0.5) is 0 Å². The van der Waals surface area contributed by atoms with Crippen LogP contribution in [-0.2, 0) is 32.5 Å². The van der Waals surface area contributed by atoms with E-state index in [4.69, 9.17) is 4.74 Å². The van der Waals surface area contributed by atoms with E-state index in [1.165, 1.54) is 29.9 Å². The lowest BCUT2D eigenvalue weighted by Gasteiger charge is -2.30. The number of benzene rings is 1. The molecule has 0 fully saturated rings. The number of hydrogen-bond acceptors (Lipinski definition) is 5. The molecule has 6 nitrogen and oxygen atoms in total. The zero-order valence-corrected chi connectivity index (χ0v) is 19.1. The van der Waals surface area contributed by atoms with Crippen molar-refractivity contribution in [3.05, 3.63) is 85.5 Å². The third-order valence-electron chi connectivity index (χ3n) is 6.52. The molecule has 0 bridgehead atoms. The van der Waals surface area contributed by atoms with Gasteiger partial charge in [0, 0.05) is 57.4 Å². The predicted octanol–water partition coefficient (Wildman–Crippen LogP) is 3.18. The second-order valence-corrected chi connectivity index (χ2v) is 9.21. The molecule has 2 aliphatic rings. The van der Waals surface area contributed by atoms with Crippen molar-refractivity contribution < 1.29 is 9.53 Å². The van der Waals surface area contributed by atoms with E-state index in [0.29, 0.717) is 37.4 Å². The Morgan fingerprint density at radius 2 is 1.91 bits per heavy atom. The fourth-order valence-corrected chi connectivity index (χ4v) is 5.47. The monoisotopic (exact) mass is 449 g/mol. The maximum atomic E-state index is 13.7. The first-order valence-corrected chi connectivity index (χ1v) is 12.0. The molecule has 0 radical (unpaired) electrons. The minimum absolute atomic E-state index is 0.0496. The lowest BCUT2D eigenvalue weighted by molar-refractivity contribution is 0.0728. The first kappa shape index (κ1) is 21.0. The molecule has 1 amide bonds. The van der Waals surface area contributed by atoms with Crippen molar-refractivity contribution in [2.75, 3.05) is 26.7 Å². The van der Waals surface area contributed by atoms with Gasteiger partial charge in [0.05, 0.1) is 7.11 Å². The topological polar surface area (TPSA) is 54.8 Å². The third-order valence-corrected chi connectivity index (χ3v) is 7.26. The summed E-state index contributed by atoms with van der Waals surface area (Å²) >= 11 is 1.70. The van der Waals surface area contributed by atoms with Gasteiger partial charge in [0.15, 0.2) is 0 Å². The first-order chi connectivity index (χ1) is 15.6. The average molecular weight is 450 g/mol. The highest BCUT2D eigenvalue weighted by Crippen LogP contribution is 2.27. The van der Waals surface area contributed by atoms with Gasteiger partial charge in [0.25, 0.3) is 11.5 Å². The van der Waals surface area contributed by atoms with Gasteiger partial charge in [-0.25, -0.2) is 0 Å². The highest BCUT2D eigenvalue weighted by molar-refractivity contribution is 7.07. The standard InChI is InChI=1S/C25H27N3O3S/c1-31-22-14-23(29)28-12-11-26(15-18-8-13-32-17-18)9-7-21(28)24(22)25(30)27-10-6-19-4-2-3-5-20(19)16-27/h2-5,8,13-14,17H,6-7,9-12,15-16H2,1H3. The van der Waals surface area contributed by atoms with Gasteiger partial charge in [0.1, 0.15) is 11.3 Å². The molecule has 4 heterocycles. The number of thiophene rings is 1. The van der Waals surface area contributed by atoms with E-state index in [-0.39, 0.29) is 11.5 Å². The zero-order chi connectivity index (χ0) is 22.1. The predicted molar refractivity (Wildman–Crippen MR) is 125 cm³/mol. The van der Waals surface area contributed by atoms with Gasteiger partial charge in [0.2, 0.25) is 0 Å². The molecule has 0 spiro atoms. The van der Waals surface area contributed by atoms with Crippen LogP contribution < -0.4 is 10.3 Å². The minimum Gasteiger partial charge on any atom is -0.496 e. The minimum atomic E-state index is -0.102. The molecule has 2 aromatic heterocycles. The van der Waals surface area contributed by atoms with E-state index in [0.717, 1.165) is 31.7 Å². The second-order valence-electron chi connectivity index (χ2n) is 8.43. The summed E-state index contributed by atoms with van der Waals surface area (Å²) in [6.07, 6.45) is 1.48. The molecule has 0 atom stereocenters. The number of rotatable bonds is 4. The smallest absolute Gasteiger partial charge is 0.259 e. The molecule has 0 N–H and O–H groups in total. The molecule has 0 unspecified atom stereocenters. The van der Waals surface area contributed by atoms with Crippen molar-refractivity contribution in [2.24, 2.45) is 0 Å². The Hall–Kier alpha value is -2.90. The lowest BCUT2D eigenvalue weighted by atomic mass is 9.98. The normalized spacial score (nSPS) is 16.2. The molecule has 0 saturated carbocycles. The lowest BCUT2D eigenvalue weighted by Crippen LogP contribution is -2.38. The van der Waals surface area contributed by atoms with Crippen molar-refractivity contribution >= 4 is 17.2 Å². The summed E-state index contributed by atoms with van der Waals surface area (Å²) in [4.78, 5) is 30.9. The fraction of sp³-hybridized carbons (Fsp3) is 0.360. The molecule has 5 rings (SSSR count). The van der Waals surface area contributed by atoms with Gasteiger partial charge in [-0.05, 0) is 39.9 Å². The number of fused-ring (bicyclic) bond motifs is 2. The molecule has 32 heavy (non-hydrogen) atoms. The maximum absolute atomic E-state index is 13.7. The Kier molecular flexibility index (Phi) is 5.85. The fourth-order valence-electron chi connectivity index (χ4n) is 4.81. The molecule has 3 aromatic rings. The van der Waals surface area contributed by atoms with Gasteiger partial charge in [-0.3, -0.25) is 14.5 Å². The molecule has 1 aromatic carbocycles. The SMILES string of the molecule is COc1cc(=O)n2c(c1C(=O)N1CCc3ccccc3C1)CCN(Cc1ccsc1)CC2. The van der Waals surface area contributed by atoms with E-state index < -0.39 is 0 Å². The summed E-state index contributed by atoms with van der Waals surface area (Å²) in [6.45, 7) is 4.26. The molecular weight excluding hydrogens is 422 g/mol. The Labute approximate surface area is 191 Å². The van der Waals surface area contributed by atoms with Crippen LogP contribution >= 0.6 is 11.3 Å². The number of pyridine rings is 1. The van der Waals surface area contributed by atoms with Crippen LogP contribution in [0.15, 0.2) is 52.0 Å². The largest absolute Gasteiger partial charge is 0.496 e. The van der Waals surface area contributed by atoms with Crippen LogP contribution in [0.2, 0.25) is 0 Å². The van der Waals surface area contributed by atoms with E-state index >= 15 is 0 Å². The Bertz CT molecular complexity index is 1190. The van der Waals surface area contributed by atoms with Crippen molar-refractivity contribution in [1.29, 1.82) is 0 Å². The van der Waals surface area contributed by atoms with Crippen LogP contribution in [-0.4, -0.2) is 47.0 Å². The summed E-state index contributed by atoms with van der Waals surface area (Å²) in [5.74, 6) is 0.336. The van der Waals surface area contributed by atoms with Crippen LogP contribution in [0.25, 0.3) is 0 Å². The number of hydrogen-bond donors (Lipinski definition) is 0. The summed E-state index contributed by atoms with van der Waals surface area (Å²) in [5.41, 5.74) is 5.02. The molecule has 0 aliphatic carbocycles. The molecular formula is C25H27N3O3S. The molecule has 0 saturated heterocycles. The van der Waals surface area contributed by atoms with Gasteiger partial charge >= 0.3 is 0 Å². The third kappa shape index (κ3) is 3.98. The van der Waals surface area contributed by atoms with Gasteiger partial charge in [-0.15, -0.1) is 0 Å². The highest BCUT2D eigenvalue weighted by atomic mass is 32.1. The summed E-state index contributed by atoms with van der Waals surface area (Å²) < 4.78 is 7.33. The number of amides is 1. The number of carbonyl (C=O) groups is 1. The zero-order valence-electron chi connectivity index (χ0n) is 18.3. The van der Waals surface area contributed by atoms with Gasteiger partial charge in [-0.1, -0.05) is 24.3 Å². The van der Waals surface area contributed by atoms with E-state index in [2.05, 4.69) is 33.9 Å². The van der Waals surface area contributed by atoms with Crippen LogP contribution in [0.1, 0.15) is 32.7 Å². The van der Waals surface area contributed by atoms with Gasteiger partial charge < -0.3 is 14.2 Å². The van der Waals surface area contributed by atoms with Gasteiger partial charge in [-0.2, -0.15) is 11.3 Å². The quantitative estimate of drug-likeness (QED) is 0.614. The van der Waals surface area contributed by atoms with Crippen LogP contribution in [0.3, 0.4) is 0 Å². The Morgan fingerprint density at radius 3 is 2.69 bits per heavy atom. The Morgan fingerprint density at radius 1 is 1.06 bits per heavy atom. The molecule has 166 valence electrons. The van der Waals surface area contributed by atoms with Crippen LogP contribution in [0.5, 0.6) is 5.75 Å². The van der Waals surface area contributed by atoms with Crippen molar-refractivity contribution in [3.8, 4) is 5.75 Å². The molecule has 7 heteroatoms. The Balaban J connectivity index is 1.46. The second kappa shape index (κ2) is 8.92. The van der Waals surface area contributed by atoms with Crippen molar-refractivity contribution in [3.63, 3.8) is 0 Å². The number of ether oxygens (including phenoxy) is 1. The van der Waals surface area contributed by atoms with Crippen molar-refractivity contribution in [2.45, 2.75) is 32.5 Å². The number of aromatic nitrogens is 1. The maximum Gasteiger partial charge on any atom is 0.259 e. The van der Waals surface area contributed by atoms with E-state index in [1.807, 2.05) is 17.0 Å². The molecule has 2 aliphatic heterocycles. The van der Waals surface area contributed by atoms with E-state index in [9.17, 15) is 9.59 Å². The summed E-state index contributed by atoms with van der Waals surface area (Å²) in [6, 6.07) is 11.9. The van der Waals surface area contributed by atoms with E-state index in [1.54, 1.807) is 15.9 Å². The number of methoxy groups -OCH3 is 1.